The minimum Gasteiger partial charge on any atom is -0.379 e. The van der Waals surface area contributed by atoms with Gasteiger partial charge in [0, 0.05) is 37.6 Å². The summed E-state index contributed by atoms with van der Waals surface area (Å²) < 4.78 is 5.58. The number of nitrogens with zero attached hydrogens (tertiary/aromatic N) is 2. The molecule has 2 amide bonds. The van der Waals surface area contributed by atoms with Gasteiger partial charge in [-0.1, -0.05) is 30.3 Å². The zero-order valence-electron chi connectivity index (χ0n) is 18.8. The van der Waals surface area contributed by atoms with E-state index in [2.05, 4.69) is 22.3 Å². The topological polar surface area (TPSA) is 61.9 Å². The molecule has 6 heteroatoms. The van der Waals surface area contributed by atoms with E-state index in [0.717, 1.165) is 24.3 Å². The highest BCUT2D eigenvalue weighted by Gasteiger charge is 2.38. The monoisotopic (exact) mass is 433 g/mol. The molecule has 2 aliphatic heterocycles. The van der Waals surface area contributed by atoms with Crippen LogP contribution in [0.2, 0.25) is 0 Å². The van der Waals surface area contributed by atoms with Crippen LogP contribution in [0.25, 0.3) is 5.57 Å². The molecule has 2 aromatic carbocycles. The Morgan fingerprint density at radius 3 is 2.28 bits per heavy atom. The highest BCUT2D eigenvalue weighted by atomic mass is 16.5. The van der Waals surface area contributed by atoms with Crippen LogP contribution in [-0.4, -0.2) is 49.1 Å². The maximum Gasteiger partial charge on any atom is 0.278 e. The van der Waals surface area contributed by atoms with Gasteiger partial charge in [0.25, 0.3) is 11.8 Å². The molecule has 0 aromatic heterocycles. The molecule has 1 N–H and O–H groups in total. The molecule has 2 aromatic rings. The molecule has 32 heavy (non-hydrogen) atoms. The molecule has 1 saturated heterocycles. The Kier molecular flexibility index (Phi) is 6.90. The summed E-state index contributed by atoms with van der Waals surface area (Å²) in [4.78, 5) is 30.2. The van der Waals surface area contributed by atoms with Gasteiger partial charge in [0.15, 0.2) is 0 Å². The van der Waals surface area contributed by atoms with E-state index in [4.69, 9.17) is 4.74 Å². The number of ether oxygens (including phenoxy) is 1. The molecular weight excluding hydrogens is 402 g/mol. The van der Waals surface area contributed by atoms with Crippen molar-refractivity contribution >= 4 is 28.8 Å². The molecule has 168 valence electrons. The summed E-state index contributed by atoms with van der Waals surface area (Å²) >= 11 is 0. The van der Waals surface area contributed by atoms with Crippen LogP contribution in [0.3, 0.4) is 0 Å². The Morgan fingerprint density at radius 1 is 0.938 bits per heavy atom. The third-order valence-corrected chi connectivity index (χ3v) is 5.82. The van der Waals surface area contributed by atoms with Crippen LogP contribution in [0, 0.1) is 0 Å². The van der Waals surface area contributed by atoms with Crippen molar-refractivity contribution in [1.29, 1.82) is 0 Å². The zero-order chi connectivity index (χ0) is 22.5. The summed E-state index contributed by atoms with van der Waals surface area (Å²) in [6, 6.07) is 17.5. The molecule has 0 unspecified atom stereocenters. The lowest BCUT2D eigenvalue weighted by atomic mass is 10.0. The van der Waals surface area contributed by atoms with E-state index in [9.17, 15) is 9.59 Å². The van der Waals surface area contributed by atoms with E-state index in [1.54, 1.807) is 0 Å². The van der Waals surface area contributed by atoms with Crippen LogP contribution in [0.4, 0.5) is 11.4 Å². The lowest BCUT2D eigenvalue weighted by Crippen LogP contribution is -2.34. The van der Waals surface area contributed by atoms with E-state index in [1.165, 1.54) is 23.4 Å². The third-order valence-electron chi connectivity index (χ3n) is 5.82. The molecule has 4 rings (SSSR count). The Labute approximate surface area is 189 Å². The van der Waals surface area contributed by atoms with Gasteiger partial charge < -0.3 is 15.0 Å². The molecule has 2 aliphatic rings. The van der Waals surface area contributed by atoms with Crippen LogP contribution in [0.1, 0.15) is 38.7 Å². The van der Waals surface area contributed by atoms with Gasteiger partial charge in [0.05, 0.1) is 11.7 Å². The zero-order valence-corrected chi connectivity index (χ0v) is 18.8. The quantitative estimate of drug-likeness (QED) is 0.472. The highest BCUT2D eigenvalue weighted by molar-refractivity contribution is 6.36. The van der Waals surface area contributed by atoms with Gasteiger partial charge in [-0.2, -0.15) is 0 Å². The first-order valence-electron chi connectivity index (χ1n) is 11.4. The maximum absolute atomic E-state index is 13.2. The van der Waals surface area contributed by atoms with Crippen molar-refractivity contribution in [3.8, 4) is 0 Å². The number of imide groups is 1. The average Bonchev–Trinajstić information content (AvgIpc) is 3.41. The number of benzene rings is 2. The van der Waals surface area contributed by atoms with Crippen molar-refractivity contribution in [3.63, 3.8) is 0 Å². The Balaban J connectivity index is 1.55. The van der Waals surface area contributed by atoms with Crippen LogP contribution >= 0.6 is 0 Å². The van der Waals surface area contributed by atoms with Crippen molar-refractivity contribution in [3.05, 3.63) is 65.9 Å². The number of nitrogens with one attached hydrogen (secondary N) is 1. The van der Waals surface area contributed by atoms with E-state index >= 15 is 0 Å². The SMILES string of the molecule is CC(C)OCCCN1C(=O)C(Nc2ccc(N3CCCC3)cc2)=C(c2ccccc2)C1=O. The molecule has 0 bridgehead atoms. The lowest BCUT2D eigenvalue weighted by molar-refractivity contribution is -0.137. The van der Waals surface area contributed by atoms with Crippen LogP contribution < -0.4 is 10.2 Å². The van der Waals surface area contributed by atoms with Gasteiger partial charge in [0.2, 0.25) is 0 Å². The fourth-order valence-corrected chi connectivity index (χ4v) is 4.18. The molecule has 0 radical (unpaired) electrons. The predicted octanol–water partition coefficient (Wildman–Crippen LogP) is 4.29. The summed E-state index contributed by atoms with van der Waals surface area (Å²) in [5.41, 5.74) is 3.47. The summed E-state index contributed by atoms with van der Waals surface area (Å²) in [5, 5.41) is 3.24. The first-order chi connectivity index (χ1) is 15.5. The Morgan fingerprint density at radius 2 is 1.62 bits per heavy atom. The van der Waals surface area contributed by atoms with E-state index in [-0.39, 0.29) is 17.9 Å². The number of carbonyl (C=O) groups excluding carboxylic acids is 2. The molecule has 0 aliphatic carbocycles. The van der Waals surface area contributed by atoms with E-state index in [1.807, 2.05) is 56.3 Å². The van der Waals surface area contributed by atoms with Gasteiger partial charge in [-0.05, 0) is 62.9 Å². The average molecular weight is 434 g/mol. The summed E-state index contributed by atoms with van der Waals surface area (Å²) in [7, 11) is 0. The number of anilines is 2. The normalized spacial score (nSPS) is 16.6. The van der Waals surface area contributed by atoms with E-state index < -0.39 is 0 Å². The highest BCUT2D eigenvalue weighted by Crippen LogP contribution is 2.31. The van der Waals surface area contributed by atoms with Crippen LogP contribution in [0.5, 0.6) is 0 Å². The summed E-state index contributed by atoms with van der Waals surface area (Å²) in [6.45, 7) is 6.95. The molecule has 6 nitrogen and oxygen atoms in total. The van der Waals surface area contributed by atoms with Gasteiger partial charge in [-0.25, -0.2) is 0 Å². The second-order valence-electron chi connectivity index (χ2n) is 8.52. The van der Waals surface area contributed by atoms with Crippen LogP contribution in [-0.2, 0) is 14.3 Å². The standard InChI is InChI=1S/C26H31N3O3/c1-19(2)32-18-8-17-29-25(30)23(20-9-4-3-5-10-20)24(26(29)31)27-21-11-13-22(14-12-21)28-15-6-7-16-28/h3-5,9-14,19,27H,6-8,15-18H2,1-2H3. The number of hydrogen-bond acceptors (Lipinski definition) is 5. The number of carbonyl (C=O) groups is 2. The Bertz CT molecular complexity index is 977. The minimum absolute atomic E-state index is 0.124. The van der Waals surface area contributed by atoms with Crippen molar-refractivity contribution in [2.75, 3.05) is 36.5 Å². The summed E-state index contributed by atoms with van der Waals surface area (Å²) in [6.07, 6.45) is 3.18. The molecular formula is C26H31N3O3. The predicted molar refractivity (Wildman–Crippen MR) is 127 cm³/mol. The van der Waals surface area contributed by atoms with Crippen molar-refractivity contribution < 1.29 is 14.3 Å². The van der Waals surface area contributed by atoms with Gasteiger partial charge in [-0.15, -0.1) is 0 Å². The molecule has 0 spiro atoms. The van der Waals surface area contributed by atoms with Crippen molar-refractivity contribution in [2.45, 2.75) is 39.2 Å². The van der Waals surface area contributed by atoms with Crippen molar-refractivity contribution in [2.24, 2.45) is 0 Å². The molecule has 1 fully saturated rings. The fraction of sp³-hybridized carbons (Fsp3) is 0.385. The first-order valence-corrected chi connectivity index (χ1v) is 11.4. The first kappa shape index (κ1) is 22.1. The van der Waals surface area contributed by atoms with Gasteiger partial charge >= 0.3 is 0 Å². The second kappa shape index (κ2) is 10.0. The number of hydrogen-bond donors (Lipinski definition) is 1. The third kappa shape index (κ3) is 4.86. The van der Waals surface area contributed by atoms with Crippen molar-refractivity contribution in [1.82, 2.24) is 4.90 Å². The fourth-order valence-electron chi connectivity index (χ4n) is 4.18. The second-order valence-corrected chi connectivity index (χ2v) is 8.52. The maximum atomic E-state index is 13.2. The minimum atomic E-state index is -0.290. The number of rotatable bonds is 9. The molecule has 2 heterocycles. The van der Waals surface area contributed by atoms with E-state index in [0.29, 0.717) is 30.8 Å². The van der Waals surface area contributed by atoms with Gasteiger partial charge in [0.1, 0.15) is 5.70 Å². The Hall–Kier alpha value is -3.12. The van der Waals surface area contributed by atoms with Gasteiger partial charge in [-0.3, -0.25) is 14.5 Å². The largest absolute Gasteiger partial charge is 0.379 e. The number of amides is 2. The molecule has 0 saturated carbocycles. The van der Waals surface area contributed by atoms with Crippen LogP contribution in [0.15, 0.2) is 60.3 Å². The summed E-state index contributed by atoms with van der Waals surface area (Å²) in [5.74, 6) is -0.552. The lowest BCUT2D eigenvalue weighted by Gasteiger charge is -2.18. The molecule has 0 atom stereocenters. The smallest absolute Gasteiger partial charge is 0.278 e.